The van der Waals surface area contributed by atoms with E-state index in [2.05, 4.69) is 4.98 Å². The van der Waals surface area contributed by atoms with Crippen LogP contribution in [0.5, 0.6) is 5.75 Å². The summed E-state index contributed by atoms with van der Waals surface area (Å²) in [4.78, 5) is 3.04. The first-order valence-corrected chi connectivity index (χ1v) is 6.54. The lowest BCUT2D eigenvalue weighted by molar-refractivity contribution is 0.415. The Kier molecular flexibility index (Phi) is 3.20. The van der Waals surface area contributed by atoms with E-state index < -0.39 is 5.82 Å². The van der Waals surface area contributed by atoms with Crippen molar-refractivity contribution in [3.05, 3.63) is 52.5 Å². The molecule has 0 aliphatic rings. The largest absolute Gasteiger partial charge is 0.497 e. The molecule has 0 aliphatic heterocycles. The van der Waals surface area contributed by atoms with Crippen molar-refractivity contribution in [2.45, 2.75) is 0 Å². The zero-order valence-corrected chi connectivity index (χ0v) is 11.9. The highest BCUT2D eigenvalue weighted by Crippen LogP contribution is 2.26. The number of hydrogen-bond donors (Lipinski definition) is 1. The van der Waals surface area contributed by atoms with E-state index in [-0.39, 0.29) is 5.56 Å². The third kappa shape index (κ3) is 2.08. The Bertz CT molecular complexity index is 936. The molecule has 0 fully saturated rings. The van der Waals surface area contributed by atoms with Gasteiger partial charge in [0.1, 0.15) is 23.2 Å². The average molecular weight is 299 g/mol. The predicted octanol–water partition coefficient (Wildman–Crippen LogP) is 3.71. The van der Waals surface area contributed by atoms with Crippen molar-refractivity contribution in [1.82, 2.24) is 9.55 Å². The zero-order chi connectivity index (χ0) is 15.0. The summed E-state index contributed by atoms with van der Waals surface area (Å²) in [5.74, 6) is 0.116. The third-order valence-electron chi connectivity index (χ3n) is 3.23. The second-order valence-corrected chi connectivity index (χ2v) is 4.78. The minimum absolute atomic E-state index is 0.0367. The summed E-state index contributed by atoms with van der Waals surface area (Å²) in [7, 11) is 1.58. The first-order valence-electron chi connectivity index (χ1n) is 6.13. The van der Waals surface area contributed by atoms with E-state index in [4.69, 9.17) is 17.0 Å². The molecule has 4 nitrogen and oxygen atoms in total. The summed E-state index contributed by atoms with van der Waals surface area (Å²) in [5, 5.41) is 9.18. The predicted molar refractivity (Wildman–Crippen MR) is 79.7 cm³/mol. The Hall–Kier alpha value is -2.65. The van der Waals surface area contributed by atoms with E-state index in [9.17, 15) is 9.65 Å². The van der Waals surface area contributed by atoms with Crippen LogP contribution in [0, 0.1) is 21.9 Å². The number of H-pyrrole nitrogens is 1. The van der Waals surface area contributed by atoms with E-state index in [0.717, 1.165) is 11.0 Å². The summed E-state index contributed by atoms with van der Waals surface area (Å²) in [6, 6.07) is 11.7. The first-order chi connectivity index (χ1) is 10.2. The Labute approximate surface area is 125 Å². The van der Waals surface area contributed by atoms with Crippen LogP contribution in [0.15, 0.2) is 36.4 Å². The second kappa shape index (κ2) is 5.04. The molecule has 1 heterocycles. The number of aromatic nitrogens is 2. The molecule has 0 radical (unpaired) electrons. The number of rotatable bonds is 2. The molecule has 0 saturated carbocycles. The number of imidazole rings is 1. The van der Waals surface area contributed by atoms with Crippen LogP contribution < -0.4 is 4.74 Å². The first kappa shape index (κ1) is 13.3. The van der Waals surface area contributed by atoms with Crippen LogP contribution in [0.4, 0.5) is 4.39 Å². The topological polar surface area (TPSA) is 53.7 Å². The number of fused-ring (bicyclic) bond motifs is 1. The Morgan fingerprint density at radius 1 is 1.33 bits per heavy atom. The fourth-order valence-electron chi connectivity index (χ4n) is 2.27. The summed E-state index contributed by atoms with van der Waals surface area (Å²) in [5.41, 5.74) is 1.89. The van der Waals surface area contributed by atoms with Gasteiger partial charge in [-0.3, -0.25) is 4.57 Å². The zero-order valence-electron chi connectivity index (χ0n) is 11.1. The van der Waals surface area contributed by atoms with E-state index in [1.807, 2.05) is 12.1 Å². The van der Waals surface area contributed by atoms with Crippen molar-refractivity contribution in [1.29, 1.82) is 5.26 Å². The van der Waals surface area contributed by atoms with Crippen molar-refractivity contribution < 1.29 is 9.13 Å². The number of nitrogens with one attached hydrogen (secondary N) is 1. The fourth-order valence-corrected chi connectivity index (χ4v) is 2.57. The second-order valence-electron chi connectivity index (χ2n) is 4.39. The van der Waals surface area contributed by atoms with E-state index in [0.29, 0.717) is 16.2 Å². The number of benzene rings is 2. The SMILES string of the molecule is COc1ccc2c(c1)[nH]c(=S)n2-c1cccc(F)c1C#N. The molecule has 3 aromatic rings. The van der Waals surface area contributed by atoms with Crippen LogP contribution in [-0.2, 0) is 0 Å². The number of aromatic amines is 1. The number of nitrogens with zero attached hydrogens (tertiary/aromatic N) is 2. The molecule has 0 amide bonds. The lowest BCUT2D eigenvalue weighted by Gasteiger charge is -2.07. The average Bonchev–Trinajstić information content (AvgIpc) is 2.81. The van der Waals surface area contributed by atoms with Gasteiger partial charge in [0.05, 0.1) is 23.8 Å². The van der Waals surface area contributed by atoms with Crippen LogP contribution in [0.25, 0.3) is 16.7 Å². The molecule has 21 heavy (non-hydrogen) atoms. The van der Waals surface area contributed by atoms with Crippen LogP contribution in [-0.4, -0.2) is 16.7 Å². The summed E-state index contributed by atoms with van der Waals surface area (Å²) >= 11 is 5.30. The van der Waals surface area contributed by atoms with Crippen molar-refractivity contribution in [2.24, 2.45) is 0 Å². The van der Waals surface area contributed by atoms with Crippen LogP contribution >= 0.6 is 12.2 Å². The highest BCUT2D eigenvalue weighted by Gasteiger charge is 2.14. The Morgan fingerprint density at radius 3 is 2.86 bits per heavy atom. The molecule has 0 spiro atoms. The van der Waals surface area contributed by atoms with Gasteiger partial charge in [-0.1, -0.05) is 6.07 Å². The molecular weight excluding hydrogens is 289 g/mol. The fraction of sp³-hybridized carbons (Fsp3) is 0.0667. The minimum atomic E-state index is -0.570. The summed E-state index contributed by atoms with van der Waals surface area (Å²) < 4.78 is 21.0. The molecule has 3 rings (SSSR count). The Morgan fingerprint density at radius 2 is 2.14 bits per heavy atom. The van der Waals surface area contributed by atoms with Gasteiger partial charge in [0.15, 0.2) is 4.77 Å². The van der Waals surface area contributed by atoms with Crippen LogP contribution in [0.1, 0.15) is 5.56 Å². The van der Waals surface area contributed by atoms with E-state index in [1.165, 1.54) is 6.07 Å². The van der Waals surface area contributed by atoms with E-state index >= 15 is 0 Å². The van der Waals surface area contributed by atoms with Gasteiger partial charge in [0, 0.05) is 6.07 Å². The standard InChI is InChI=1S/C15H10FN3OS/c1-20-9-5-6-14-12(7-9)18-15(21)19(14)13-4-2-3-11(16)10(13)8-17/h2-7H,1H3,(H,18,21). The molecule has 6 heteroatoms. The molecule has 0 bridgehead atoms. The van der Waals surface area contributed by atoms with Gasteiger partial charge >= 0.3 is 0 Å². The maximum Gasteiger partial charge on any atom is 0.182 e. The van der Waals surface area contributed by atoms with Crippen molar-refractivity contribution in [3.63, 3.8) is 0 Å². The molecule has 0 saturated heterocycles. The van der Waals surface area contributed by atoms with E-state index in [1.54, 1.807) is 35.9 Å². The van der Waals surface area contributed by atoms with Crippen molar-refractivity contribution in [3.8, 4) is 17.5 Å². The molecule has 1 N–H and O–H groups in total. The number of hydrogen-bond acceptors (Lipinski definition) is 3. The smallest absolute Gasteiger partial charge is 0.182 e. The van der Waals surface area contributed by atoms with Gasteiger partial charge in [-0.15, -0.1) is 0 Å². The maximum absolute atomic E-state index is 13.8. The third-order valence-corrected chi connectivity index (χ3v) is 3.52. The van der Waals surface area contributed by atoms with Gasteiger partial charge in [0.25, 0.3) is 0 Å². The van der Waals surface area contributed by atoms with Gasteiger partial charge in [-0.2, -0.15) is 5.26 Å². The van der Waals surface area contributed by atoms with Gasteiger partial charge in [-0.05, 0) is 36.5 Å². The van der Waals surface area contributed by atoms with Gasteiger partial charge in [-0.25, -0.2) is 4.39 Å². The Balaban J connectivity index is 2.37. The van der Waals surface area contributed by atoms with Crippen molar-refractivity contribution >= 4 is 23.3 Å². The molecule has 2 aromatic carbocycles. The lowest BCUT2D eigenvalue weighted by Crippen LogP contribution is -1.99. The monoisotopic (exact) mass is 299 g/mol. The highest BCUT2D eigenvalue weighted by atomic mass is 32.1. The molecule has 104 valence electrons. The number of methoxy groups -OCH3 is 1. The molecule has 1 aromatic heterocycles. The molecule has 0 unspecified atom stereocenters. The molecular formula is C15H10FN3OS. The van der Waals surface area contributed by atoms with Gasteiger partial charge in [0.2, 0.25) is 0 Å². The number of halogens is 1. The normalized spacial score (nSPS) is 10.5. The minimum Gasteiger partial charge on any atom is -0.497 e. The quantitative estimate of drug-likeness (QED) is 0.734. The number of nitriles is 1. The van der Waals surface area contributed by atoms with Crippen LogP contribution in [0.3, 0.4) is 0 Å². The maximum atomic E-state index is 13.8. The van der Waals surface area contributed by atoms with Gasteiger partial charge < -0.3 is 9.72 Å². The molecule has 0 atom stereocenters. The number of ether oxygens (including phenoxy) is 1. The summed E-state index contributed by atoms with van der Waals surface area (Å²) in [6.45, 7) is 0. The molecule has 0 aliphatic carbocycles. The van der Waals surface area contributed by atoms with Crippen LogP contribution in [0.2, 0.25) is 0 Å². The summed E-state index contributed by atoms with van der Waals surface area (Å²) in [6.07, 6.45) is 0. The highest BCUT2D eigenvalue weighted by molar-refractivity contribution is 7.71. The lowest BCUT2D eigenvalue weighted by atomic mass is 10.1. The van der Waals surface area contributed by atoms with Crippen molar-refractivity contribution in [2.75, 3.05) is 7.11 Å².